The Morgan fingerprint density at radius 2 is 2.04 bits per heavy atom. The third kappa shape index (κ3) is 4.53. The topological polar surface area (TPSA) is 29.5 Å². The zero-order chi connectivity index (χ0) is 16.3. The van der Waals surface area contributed by atoms with Gasteiger partial charge in [-0.05, 0) is 19.1 Å². The smallest absolute Gasteiger partial charge is 0.240 e. The van der Waals surface area contributed by atoms with Gasteiger partial charge >= 0.3 is 0 Å². The van der Waals surface area contributed by atoms with E-state index in [0.29, 0.717) is 0 Å². The van der Waals surface area contributed by atoms with E-state index < -0.39 is 22.9 Å². The number of benzene rings is 1. The van der Waals surface area contributed by atoms with Crippen molar-refractivity contribution in [1.82, 2.24) is 4.90 Å². The third-order valence-corrected chi connectivity index (χ3v) is 3.46. The molecule has 23 heavy (non-hydrogen) atoms. The summed E-state index contributed by atoms with van der Waals surface area (Å²) in [6.07, 6.45) is 2.87. The molecule has 0 fully saturated rings. The first-order chi connectivity index (χ1) is 10.5. The summed E-state index contributed by atoms with van der Waals surface area (Å²) in [6, 6.07) is 2.10. The second-order valence-corrected chi connectivity index (χ2v) is 5.10. The van der Waals surface area contributed by atoms with E-state index in [1.54, 1.807) is 6.92 Å². The number of hydrogen-bond donors (Lipinski definition) is 0. The van der Waals surface area contributed by atoms with Crippen LogP contribution in [0.3, 0.4) is 0 Å². The van der Waals surface area contributed by atoms with Gasteiger partial charge in [-0.2, -0.15) is 0 Å². The second kappa shape index (κ2) is 8.77. The number of allylic oxidation sites excluding steroid dienone is 1. The Bertz CT molecular complexity index is 674. The number of ether oxygens (including phenoxy) is 1. The fourth-order valence-corrected chi connectivity index (χ4v) is 2.24. The maximum atomic E-state index is 14.2. The molecule has 1 aliphatic heterocycles. The fraction of sp³-hybridized carbons (Fsp3) is 0.312. The van der Waals surface area contributed by atoms with Gasteiger partial charge in [0, 0.05) is 39.8 Å². The molecule has 1 aromatic carbocycles. The van der Waals surface area contributed by atoms with E-state index in [-0.39, 0.29) is 62.7 Å². The summed E-state index contributed by atoms with van der Waals surface area (Å²) in [6.45, 7) is 1.67. The van der Waals surface area contributed by atoms with Crippen molar-refractivity contribution in [3.05, 3.63) is 35.4 Å². The first-order valence-corrected chi connectivity index (χ1v) is 6.93. The Hall–Kier alpha value is -0.956. The third-order valence-electron chi connectivity index (χ3n) is 3.12. The number of hydrogen-bond acceptors (Lipinski definition) is 2. The molecule has 0 aliphatic carbocycles. The van der Waals surface area contributed by atoms with Gasteiger partial charge in [0.15, 0.2) is 0 Å². The molecule has 0 N–H and O–H groups in total. The molecule has 1 atom stereocenters. The van der Waals surface area contributed by atoms with Crippen LogP contribution in [0.1, 0.15) is 18.9 Å². The van der Waals surface area contributed by atoms with Gasteiger partial charge < -0.3 is 9.64 Å². The first-order valence-electron chi connectivity index (χ1n) is 6.50. The van der Waals surface area contributed by atoms with Gasteiger partial charge in [-0.15, -0.1) is 23.2 Å². The Morgan fingerprint density at radius 1 is 1.43 bits per heavy atom. The number of amides is 1. The minimum Gasteiger partial charge on any atom is -0.481 e. The molecule has 1 amide bonds. The molecule has 3 nitrogen and oxygen atoms in total. The predicted molar refractivity (Wildman–Crippen MR) is 79.0 cm³/mol. The molecular weight excluding hydrogens is 401 g/mol. The van der Waals surface area contributed by atoms with Crippen LogP contribution in [0.25, 0.3) is 5.70 Å². The Labute approximate surface area is 163 Å². The fourth-order valence-electron chi connectivity index (χ4n) is 2.02. The number of carbonyl (C=O) groups excluding carboxylic acids is 1. The quantitative estimate of drug-likeness (QED) is 0.433. The van der Waals surface area contributed by atoms with Crippen molar-refractivity contribution in [1.29, 1.82) is 0 Å². The van der Waals surface area contributed by atoms with Gasteiger partial charge in [0.2, 0.25) is 5.91 Å². The maximum Gasteiger partial charge on any atom is 0.240 e. The minimum atomic E-state index is -0.838. The summed E-state index contributed by atoms with van der Waals surface area (Å²) in [5, 5.41) is -0.768. The van der Waals surface area contributed by atoms with Crippen molar-refractivity contribution in [2.24, 2.45) is 0 Å². The normalized spacial score (nSPS) is 16.9. The summed E-state index contributed by atoms with van der Waals surface area (Å²) in [5.74, 6) is 3.17. The number of halogens is 3. The molecule has 0 bridgehead atoms. The van der Waals surface area contributed by atoms with E-state index in [0.717, 1.165) is 17.0 Å². The molecule has 0 aromatic heterocycles. The minimum absolute atomic E-state index is 0. The molecule has 1 unspecified atom stereocenters. The van der Waals surface area contributed by atoms with Gasteiger partial charge in [-0.25, -0.2) is 14.9 Å². The predicted octanol–water partition coefficient (Wildman–Crippen LogP) is 2.98. The van der Waals surface area contributed by atoms with Crippen molar-refractivity contribution >= 4 is 23.2 Å². The molecule has 7 heteroatoms. The standard InChI is InChI=1S/C16H13ClF2NO2.Y/c1-3-4-7-22-10-8-12(18)15(13(19)9-10)14-6-5-11(17)16(21)20(14)2;/h8-9,11H,5,7H2,1-2H3;/q-1;. The first kappa shape index (κ1) is 20.1. The summed E-state index contributed by atoms with van der Waals surface area (Å²) in [7, 11) is 1.40. The molecule has 2 rings (SSSR count). The molecule has 0 saturated heterocycles. The van der Waals surface area contributed by atoms with Crippen LogP contribution in [0, 0.1) is 29.6 Å². The molecular formula is C16H13ClF2NO2Y-. The van der Waals surface area contributed by atoms with E-state index in [2.05, 4.69) is 17.9 Å². The zero-order valence-corrected chi connectivity index (χ0v) is 16.2. The van der Waals surface area contributed by atoms with Crippen molar-refractivity contribution in [3.63, 3.8) is 0 Å². The van der Waals surface area contributed by atoms with Crippen LogP contribution < -0.4 is 4.74 Å². The number of carbonyl (C=O) groups is 1. The van der Waals surface area contributed by atoms with Crippen LogP contribution in [0.5, 0.6) is 5.75 Å². The van der Waals surface area contributed by atoms with E-state index >= 15 is 0 Å². The van der Waals surface area contributed by atoms with E-state index in [9.17, 15) is 13.6 Å². The summed E-state index contributed by atoms with van der Waals surface area (Å²) >= 11 is 5.80. The molecule has 0 saturated carbocycles. The molecule has 1 heterocycles. The summed E-state index contributed by atoms with van der Waals surface area (Å²) in [4.78, 5) is 12.9. The van der Waals surface area contributed by atoms with Gasteiger partial charge in [0.1, 0.15) is 17.7 Å². The second-order valence-electron chi connectivity index (χ2n) is 4.57. The average Bonchev–Trinajstić information content (AvgIpc) is 2.47. The van der Waals surface area contributed by atoms with Crippen molar-refractivity contribution in [2.75, 3.05) is 13.7 Å². The molecule has 1 radical (unpaired) electrons. The van der Waals surface area contributed by atoms with Gasteiger partial charge in [0.25, 0.3) is 0 Å². The van der Waals surface area contributed by atoms with E-state index in [1.165, 1.54) is 7.05 Å². The SMILES string of the molecule is CC#CCOc1cc(F)c(C2=[C-]CC(Cl)C(=O)N2C)c(F)c1.[Y]. The van der Waals surface area contributed by atoms with Crippen LogP contribution in [0.4, 0.5) is 8.78 Å². The van der Waals surface area contributed by atoms with E-state index in [1.807, 2.05) is 0 Å². The largest absolute Gasteiger partial charge is 0.481 e. The molecule has 0 spiro atoms. The monoisotopic (exact) mass is 413 g/mol. The summed E-state index contributed by atoms with van der Waals surface area (Å²) in [5.41, 5.74) is -0.287. The average molecular weight is 414 g/mol. The number of rotatable bonds is 3. The Balaban J connectivity index is 0.00000264. The van der Waals surface area contributed by atoms with Gasteiger partial charge in [-0.1, -0.05) is 17.9 Å². The van der Waals surface area contributed by atoms with E-state index in [4.69, 9.17) is 16.3 Å². The van der Waals surface area contributed by atoms with Gasteiger partial charge in [-0.3, -0.25) is 4.79 Å². The molecule has 1 aliphatic rings. The van der Waals surface area contributed by atoms with Crippen LogP contribution >= 0.6 is 11.6 Å². The number of nitrogens with zero attached hydrogens (tertiary/aromatic N) is 1. The van der Waals surface area contributed by atoms with Crippen LogP contribution in [-0.4, -0.2) is 29.8 Å². The Morgan fingerprint density at radius 3 is 2.61 bits per heavy atom. The maximum absolute atomic E-state index is 14.2. The number of alkyl halides is 1. The van der Waals surface area contributed by atoms with Crippen LogP contribution in [0.15, 0.2) is 12.1 Å². The van der Waals surface area contributed by atoms with Gasteiger partial charge in [0.05, 0.1) is 11.6 Å². The van der Waals surface area contributed by atoms with Crippen molar-refractivity contribution < 1.29 is 51.0 Å². The zero-order valence-electron chi connectivity index (χ0n) is 12.6. The van der Waals surface area contributed by atoms with Crippen LogP contribution in [-0.2, 0) is 37.5 Å². The van der Waals surface area contributed by atoms with Crippen molar-refractivity contribution in [2.45, 2.75) is 18.7 Å². The summed E-state index contributed by atoms with van der Waals surface area (Å²) < 4.78 is 33.6. The Kier molecular flexibility index (Phi) is 7.66. The van der Waals surface area contributed by atoms with Crippen LogP contribution in [0.2, 0.25) is 0 Å². The van der Waals surface area contributed by atoms with Crippen molar-refractivity contribution in [3.8, 4) is 17.6 Å². The molecule has 1 aromatic rings. The molecule has 119 valence electrons.